The maximum absolute atomic E-state index is 12.3. The molecule has 3 rings (SSSR count). The molecule has 0 aliphatic rings. The summed E-state index contributed by atoms with van der Waals surface area (Å²) < 4.78 is 38.8. The van der Waals surface area contributed by atoms with Gasteiger partial charge in [-0.2, -0.15) is 13.2 Å². The third-order valence-electron chi connectivity index (χ3n) is 3.80. The van der Waals surface area contributed by atoms with E-state index in [1.54, 1.807) is 36.1 Å². The number of aromatic nitrogens is 5. The zero-order valence-electron chi connectivity index (χ0n) is 13.7. The van der Waals surface area contributed by atoms with E-state index >= 15 is 0 Å². The minimum Gasteiger partial charge on any atom is -0.291 e. The number of aryl methyl sites for hydroxylation is 2. The SMILES string of the molecule is C/C=C(/c1cnc2nccn2c1)c1cnc(CCC(F)(F)F)nc1C. The van der Waals surface area contributed by atoms with Gasteiger partial charge in [0, 0.05) is 54.2 Å². The Morgan fingerprint density at radius 2 is 2.00 bits per heavy atom. The second-order valence-electron chi connectivity index (χ2n) is 5.58. The zero-order chi connectivity index (χ0) is 18.0. The van der Waals surface area contributed by atoms with Crippen molar-refractivity contribution >= 4 is 11.4 Å². The molecule has 0 amide bonds. The van der Waals surface area contributed by atoms with Gasteiger partial charge in [0.1, 0.15) is 5.82 Å². The maximum atomic E-state index is 12.3. The summed E-state index contributed by atoms with van der Waals surface area (Å²) in [6, 6.07) is 0. The topological polar surface area (TPSA) is 56.0 Å². The molecule has 25 heavy (non-hydrogen) atoms. The summed E-state index contributed by atoms with van der Waals surface area (Å²) in [5.41, 5.74) is 3.11. The first-order valence-corrected chi connectivity index (χ1v) is 7.72. The van der Waals surface area contributed by atoms with Crippen molar-refractivity contribution in [2.45, 2.75) is 32.9 Å². The van der Waals surface area contributed by atoms with Gasteiger partial charge in [0.05, 0.1) is 6.42 Å². The third kappa shape index (κ3) is 3.84. The van der Waals surface area contributed by atoms with Crippen LogP contribution < -0.4 is 0 Å². The van der Waals surface area contributed by atoms with E-state index in [2.05, 4.69) is 19.9 Å². The number of rotatable bonds is 4. The number of halogens is 3. The fourth-order valence-electron chi connectivity index (χ4n) is 2.59. The highest BCUT2D eigenvalue weighted by Crippen LogP contribution is 2.25. The fourth-order valence-corrected chi connectivity index (χ4v) is 2.59. The van der Waals surface area contributed by atoms with Gasteiger partial charge in [-0.1, -0.05) is 6.08 Å². The molecular formula is C17H16F3N5. The van der Waals surface area contributed by atoms with Crippen molar-refractivity contribution in [1.29, 1.82) is 0 Å². The molecule has 0 saturated heterocycles. The highest BCUT2D eigenvalue weighted by molar-refractivity contribution is 5.79. The van der Waals surface area contributed by atoms with Gasteiger partial charge in [0.25, 0.3) is 0 Å². The molecule has 0 aliphatic carbocycles. The van der Waals surface area contributed by atoms with Crippen molar-refractivity contribution in [2.75, 3.05) is 0 Å². The van der Waals surface area contributed by atoms with Gasteiger partial charge in [-0.05, 0) is 19.4 Å². The van der Waals surface area contributed by atoms with E-state index in [9.17, 15) is 13.2 Å². The first-order chi connectivity index (χ1) is 11.9. The average Bonchev–Trinajstić information content (AvgIpc) is 3.02. The van der Waals surface area contributed by atoms with Gasteiger partial charge in [-0.3, -0.25) is 4.40 Å². The van der Waals surface area contributed by atoms with E-state index in [4.69, 9.17) is 0 Å². The van der Waals surface area contributed by atoms with Crippen LogP contribution in [0.1, 0.15) is 36.0 Å². The average molecular weight is 347 g/mol. The monoisotopic (exact) mass is 347 g/mol. The summed E-state index contributed by atoms with van der Waals surface area (Å²) in [6.45, 7) is 3.64. The number of hydrogen-bond donors (Lipinski definition) is 0. The van der Waals surface area contributed by atoms with E-state index in [0.29, 0.717) is 11.5 Å². The van der Waals surface area contributed by atoms with Crippen molar-refractivity contribution in [3.8, 4) is 0 Å². The van der Waals surface area contributed by atoms with E-state index < -0.39 is 12.6 Å². The fraction of sp³-hybridized carbons (Fsp3) is 0.294. The van der Waals surface area contributed by atoms with Crippen LogP contribution in [-0.2, 0) is 6.42 Å². The lowest BCUT2D eigenvalue weighted by Crippen LogP contribution is -2.11. The first kappa shape index (κ1) is 17.1. The summed E-state index contributed by atoms with van der Waals surface area (Å²) in [4.78, 5) is 16.7. The predicted molar refractivity (Wildman–Crippen MR) is 86.9 cm³/mol. The van der Waals surface area contributed by atoms with Crippen LogP contribution in [0, 0.1) is 6.92 Å². The molecule has 3 aromatic heterocycles. The maximum Gasteiger partial charge on any atom is 0.389 e. The van der Waals surface area contributed by atoms with Crippen LogP contribution in [0.2, 0.25) is 0 Å². The Bertz CT molecular complexity index is 927. The number of fused-ring (bicyclic) bond motifs is 1. The lowest BCUT2D eigenvalue weighted by atomic mass is 10.0. The largest absolute Gasteiger partial charge is 0.389 e. The van der Waals surface area contributed by atoms with Gasteiger partial charge < -0.3 is 0 Å². The standard InChI is InChI=1S/C17H16F3N5/c1-3-13(12-8-23-16-21-6-7-25(16)10-12)14-9-22-15(24-11(14)2)4-5-17(18,19)20/h3,6-10H,4-5H2,1-2H3/b13-3-. The van der Waals surface area contributed by atoms with Crippen LogP contribution in [0.25, 0.3) is 11.4 Å². The van der Waals surface area contributed by atoms with Crippen LogP contribution in [-0.4, -0.2) is 30.5 Å². The molecule has 3 aromatic rings. The van der Waals surface area contributed by atoms with Crippen LogP contribution in [0.5, 0.6) is 0 Å². The minimum atomic E-state index is -4.21. The number of nitrogens with zero attached hydrogens (tertiary/aromatic N) is 5. The molecule has 0 aromatic carbocycles. The van der Waals surface area contributed by atoms with Gasteiger partial charge in [0.2, 0.25) is 5.78 Å². The van der Waals surface area contributed by atoms with E-state index in [0.717, 1.165) is 16.7 Å². The minimum absolute atomic E-state index is 0.192. The molecule has 0 fully saturated rings. The molecule has 5 nitrogen and oxygen atoms in total. The quantitative estimate of drug-likeness (QED) is 0.721. The molecule has 0 bridgehead atoms. The molecule has 3 heterocycles. The smallest absolute Gasteiger partial charge is 0.291 e. The van der Waals surface area contributed by atoms with Crippen molar-refractivity contribution in [2.24, 2.45) is 0 Å². The number of alkyl halides is 3. The lowest BCUT2D eigenvalue weighted by Gasteiger charge is -2.12. The molecular weight excluding hydrogens is 331 g/mol. The summed E-state index contributed by atoms with van der Waals surface area (Å²) in [5.74, 6) is 0.784. The Balaban J connectivity index is 1.90. The molecule has 0 spiro atoms. The summed E-state index contributed by atoms with van der Waals surface area (Å²) in [5, 5.41) is 0. The van der Waals surface area contributed by atoms with Crippen LogP contribution >= 0.6 is 0 Å². The van der Waals surface area contributed by atoms with Gasteiger partial charge in [0.15, 0.2) is 0 Å². The zero-order valence-corrected chi connectivity index (χ0v) is 13.7. The molecule has 8 heteroatoms. The van der Waals surface area contributed by atoms with Crippen LogP contribution in [0.4, 0.5) is 13.2 Å². The molecule has 0 saturated carbocycles. The van der Waals surface area contributed by atoms with Crippen LogP contribution in [0.15, 0.2) is 37.1 Å². The van der Waals surface area contributed by atoms with Crippen LogP contribution in [0.3, 0.4) is 0 Å². The number of allylic oxidation sites excluding steroid dienone is 1. The van der Waals surface area contributed by atoms with Crippen molar-refractivity contribution in [3.05, 3.63) is 59.7 Å². The Morgan fingerprint density at radius 3 is 2.68 bits per heavy atom. The summed E-state index contributed by atoms with van der Waals surface area (Å²) in [6.07, 6.45) is 5.16. The molecule has 0 N–H and O–H groups in total. The summed E-state index contributed by atoms with van der Waals surface area (Å²) >= 11 is 0. The van der Waals surface area contributed by atoms with Gasteiger partial charge in [-0.25, -0.2) is 19.9 Å². The number of hydrogen-bond acceptors (Lipinski definition) is 4. The second kappa shape index (κ2) is 6.62. The summed E-state index contributed by atoms with van der Waals surface area (Å²) in [7, 11) is 0. The van der Waals surface area contributed by atoms with Crippen molar-refractivity contribution in [1.82, 2.24) is 24.3 Å². The highest BCUT2D eigenvalue weighted by Gasteiger charge is 2.27. The van der Waals surface area contributed by atoms with Gasteiger partial charge in [-0.15, -0.1) is 0 Å². The number of imidazole rings is 1. The van der Waals surface area contributed by atoms with Crippen molar-refractivity contribution < 1.29 is 13.2 Å². The Morgan fingerprint density at radius 1 is 1.20 bits per heavy atom. The van der Waals surface area contributed by atoms with E-state index in [1.165, 1.54) is 0 Å². The molecule has 130 valence electrons. The van der Waals surface area contributed by atoms with E-state index in [-0.39, 0.29) is 12.2 Å². The first-order valence-electron chi connectivity index (χ1n) is 7.72. The van der Waals surface area contributed by atoms with Gasteiger partial charge >= 0.3 is 6.18 Å². The Kier molecular flexibility index (Phi) is 4.52. The molecule has 0 atom stereocenters. The molecule has 0 aliphatic heterocycles. The molecule has 0 unspecified atom stereocenters. The lowest BCUT2D eigenvalue weighted by molar-refractivity contribution is -0.134. The highest BCUT2D eigenvalue weighted by atomic mass is 19.4. The predicted octanol–water partition coefficient (Wildman–Crippen LogP) is 3.77. The normalized spacial score (nSPS) is 12.8. The second-order valence-corrected chi connectivity index (χ2v) is 5.58. The van der Waals surface area contributed by atoms with Crippen molar-refractivity contribution in [3.63, 3.8) is 0 Å². The molecule has 0 radical (unpaired) electrons. The van der Waals surface area contributed by atoms with E-state index in [1.807, 2.05) is 19.2 Å². The third-order valence-corrected chi connectivity index (χ3v) is 3.80. The Hall–Kier alpha value is -2.77. The Labute approximate surface area is 142 Å².